The Balaban J connectivity index is 0.000000559. The zero-order chi connectivity index (χ0) is 42.6. The number of alkyl halides is 3. The van der Waals surface area contributed by atoms with Crippen molar-refractivity contribution in [3.8, 4) is 22.8 Å². The monoisotopic (exact) mass is 820 g/mol. The van der Waals surface area contributed by atoms with Gasteiger partial charge in [-0.25, -0.2) is 32.1 Å². The minimum absolute atomic E-state index is 0.0672. The molecule has 3 aromatic carbocycles. The van der Waals surface area contributed by atoms with E-state index in [0.717, 1.165) is 51.7 Å². The summed E-state index contributed by atoms with van der Waals surface area (Å²) < 4.78 is 76.1. The van der Waals surface area contributed by atoms with Gasteiger partial charge in [-0.1, -0.05) is 36.4 Å². The number of likely N-dealkylation sites (N-methyl/N-ethyl adjacent to an activating group) is 1. The lowest BCUT2D eigenvalue weighted by atomic mass is 9.95. The average molecular weight is 821 g/mol. The molecule has 0 aliphatic carbocycles. The largest absolute Gasteiger partial charge is 0.744 e. The summed E-state index contributed by atoms with van der Waals surface area (Å²) in [5, 5.41) is 7.01. The third-order valence-electron chi connectivity index (χ3n) is 9.96. The number of hydrogen-bond acceptors (Lipinski definition) is 7. The molecule has 6 rings (SSSR count). The summed E-state index contributed by atoms with van der Waals surface area (Å²) in [5.74, 6) is -0.00764. The molecular formula is C40H43F3N8O6S. The Labute approximate surface area is 333 Å². The Morgan fingerprint density at radius 3 is 2.22 bits per heavy atom. The summed E-state index contributed by atoms with van der Waals surface area (Å²) in [4.78, 5) is 46.2. The van der Waals surface area contributed by atoms with Crippen molar-refractivity contribution >= 4 is 27.7 Å². The van der Waals surface area contributed by atoms with E-state index in [2.05, 4.69) is 29.4 Å². The van der Waals surface area contributed by atoms with E-state index in [-0.39, 0.29) is 33.6 Å². The second-order valence-corrected chi connectivity index (χ2v) is 16.1. The number of carbonyl (C=O) groups excluding carboxylic acids is 2. The van der Waals surface area contributed by atoms with Crippen LogP contribution in [0.5, 0.6) is 0 Å². The topological polar surface area (TPSA) is 156 Å². The van der Waals surface area contributed by atoms with Crippen LogP contribution in [-0.4, -0.2) is 100 Å². The number of piperidine rings is 1. The molecule has 0 radical (unpaired) electrons. The van der Waals surface area contributed by atoms with Crippen LogP contribution in [0.4, 0.5) is 23.7 Å². The average Bonchev–Trinajstić information content (AvgIpc) is 3.76. The lowest BCUT2D eigenvalue weighted by Crippen LogP contribution is -2.51. The molecule has 0 spiro atoms. The molecule has 1 aliphatic rings. The maximum absolute atomic E-state index is 14.1. The molecule has 58 heavy (non-hydrogen) atoms. The molecule has 1 N–H and O–H groups in total. The van der Waals surface area contributed by atoms with Crippen molar-refractivity contribution in [3.63, 3.8) is 0 Å². The molecule has 3 heterocycles. The number of halogens is 3. The van der Waals surface area contributed by atoms with Crippen molar-refractivity contribution in [2.45, 2.75) is 43.8 Å². The highest BCUT2D eigenvalue weighted by Crippen LogP contribution is 2.32. The van der Waals surface area contributed by atoms with Crippen LogP contribution >= 0.6 is 0 Å². The molecule has 2 aromatic heterocycles. The molecule has 1 atom stereocenters. The highest BCUT2D eigenvalue weighted by molar-refractivity contribution is 7.85. The van der Waals surface area contributed by atoms with Gasteiger partial charge in [0.2, 0.25) is 5.91 Å². The summed E-state index contributed by atoms with van der Waals surface area (Å²) in [7, 11) is 1.79. The van der Waals surface area contributed by atoms with E-state index < -0.39 is 39.6 Å². The Morgan fingerprint density at radius 1 is 1.02 bits per heavy atom. The van der Waals surface area contributed by atoms with E-state index in [4.69, 9.17) is 6.57 Å². The summed E-state index contributed by atoms with van der Waals surface area (Å²) in [6.45, 7) is 12.8. The summed E-state index contributed by atoms with van der Waals surface area (Å²) >= 11 is 0. The number of carbonyl (C=O) groups is 2. The fourth-order valence-electron chi connectivity index (χ4n) is 6.79. The van der Waals surface area contributed by atoms with Crippen molar-refractivity contribution < 1.29 is 40.2 Å². The molecule has 0 saturated carbocycles. The molecule has 1 fully saturated rings. The number of rotatable bonds is 8. The van der Waals surface area contributed by atoms with Crippen LogP contribution < -0.4 is 11.0 Å². The molecule has 0 bridgehead atoms. The summed E-state index contributed by atoms with van der Waals surface area (Å²) in [6.07, 6.45) is -1.26. The number of imidazole rings is 1. The first-order valence-corrected chi connectivity index (χ1v) is 19.6. The fourth-order valence-corrected chi connectivity index (χ4v) is 7.28. The van der Waals surface area contributed by atoms with E-state index in [1.807, 2.05) is 0 Å². The van der Waals surface area contributed by atoms with Crippen LogP contribution in [0.3, 0.4) is 0 Å². The maximum Gasteiger partial charge on any atom is 0.416 e. The first-order valence-electron chi connectivity index (χ1n) is 18.1. The molecule has 0 unspecified atom stereocenters. The van der Waals surface area contributed by atoms with Crippen LogP contribution in [-0.2, 0) is 21.1 Å². The zero-order valence-corrected chi connectivity index (χ0v) is 33.3. The highest BCUT2D eigenvalue weighted by Gasteiger charge is 2.33. The van der Waals surface area contributed by atoms with E-state index in [1.165, 1.54) is 61.1 Å². The second kappa shape index (κ2) is 17.2. The third kappa shape index (κ3) is 9.91. The number of nitrogens with zero attached hydrogens (tertiary/aromatic N) is 7. The van der Waals surface area contributed by atoms with Gasteiger partial charge in [0, 0.05) is 26.4 Å². The van der Waals surface area contributed by atoms with Gasteiger partial charge < -0.3 is 19.3 Å². The first kappa shape index (κ1) is 43.1. The SMILES string of the molecule is O=S(=O)([O-])c1ccccc1.[C-]#[N+]c1ccc(-n2nccc2-c2c(C)n(-c3cccc(C(F)(F)F)c3)c(=O)n2C(=O)N[C@@H](C)C(=O)N(C)CC2CC[N+](C)(C)CC2)cc1. The number of aromatic nitrogens is 4. The molecule has 2 amide bonds. The maximum atomic E-state index is 14.1. The molecule has 306 valence electrons. The predicted octanol–water partition coefficient (Wildman–Crippen LogP) is 5.85. The second-order valence-electron chi connectivity index (χ2n) is 14.7. The number of quaternary nitrogens is 1. The van der Waals surface area contributed by atoms with Gasteiger partial charge in [0.05, 0.1) is 73.2 Å². The van der Waals surface area contributed by atoms with Gasteiger partial charge in [0.25, 0.3) is 0 Å². The van der Waals surface area contributed by atoms with Gasteiger partial charge in [0.15, 0.2) is 5.69 Å². The van der Waals surface area contributed by atoms with Crippen LogP contribution in [0, 0.1) is 19.4 Å². The predicted molar refractivity (Wildman–Crippen MR) is 209 cm³/mol. The van der Waals surface area contributed by atoms with E-state index in [0.29, 0.717) is 23.8 Å². The van der Waals surface area contributed by atoms with Crippen molar-refractivity contribution in [1.29, 1.82) is 0 Å². The lowest BCUT2D eigenvalue weighted by molar-refractivity contribution is -0.896. The standard InChI is InChI=1S/C34H37F3N8O3.C6H6O3S/c1-22(31(46)41(4)21-24-15-18-45(5,6)19-16-24)40-32(47)43-30(29-14-17-39-44(29)27-12-10-26(38-3)11-13-27)23(2)42(33(43)48)28-9-7-8-25(20-28)34(35,36)37;7-10(8,9)6-4-2-1-3-5-6/h7-14,17,20,22,24H,15-16,18-19,21H2,1-2,4-6H3;1-5H,(H,7,8,9)/t22-;/m0./s1. The van der Waals surface area contributed by atoms with Crippen molar-refractivity contribution in [3.05, 3.63) is 124 Å². The molecule has 18 heteroatoms. The van der Waals surface area contributed by atoms with Gasteiger partial charge >= 0.3 is 17.9 Å². The van der Waals surface area contributed by atoms with E-state index in [9.17, 15) is 40.5 Å². The van der Waals surface area contributed by atoms with Gasteiger partial charge in [-0.05, 0) is 68.3 Å². The number of nitrogens with one attached hydrogen (secondary N) is 1. The molecule has 14 nitrogen and oxygen atoms in total. The van der Waals surface area contributed by atoms with Gasteiger partial charge in [-0.3, -0.25) is 9.36 Å². The Hall–Kier alpha value is -6.03. The lowest BCUT2D eigenvalue weighted by Gasteiger charge is -2.38. The quantitative estimate of drug-likeness (QED) is 0.117. The molecule has 1 saturated heterocycles. The minimum Gasteiger partial charge on any atom is -0.744 e. The molecular weight excluding hydrogens is 778 g/mol. The Kier molecular flexibility index (Phi) is 12.8. The molecule has 1 aliphatic heterocycles. The minimum atomic E-state index is -4.67. The van der Waals surface area contributed by atoms with Gasteiger partial charge in [0.1, 0.15) is 21.9 Å². The number of likely N-dealkylation sites (tertiary alicyclic amines) is 1. The summed E-state index contributed by atoms with van der Waals surface area (Å²) in [6, 6.07) is 17.6. The van der Waals surface area contributed by atoms with Crippen LogP contribution in [0.1, 0.15) is 31.0 Å². The van der Waals surface area contributed by atoms with Gasteiger partial charge in [-0.2, -0.15) is 18.3 Å². The zero-order valence-electron chi connectivity index (χ0n) is 32.5. The van der Waals surface area contributed by atoms with Crippen molar-refractivity contribution in [1.82, 2.24) is 29.1 Å². The summed E-state index contributed by atoms with van der Waals surface area (Å²) in [5.41, 5.74) is -0.541. The van der Waals surface area contributed by atoms with E-state index >= 15 is 0 Å². The van der Waals surface area contributed by atoms with Crippen LogP contribution in [0.15, 0.2) is 101 Å². The highest BCUT2D eigenvalue weighted by atomic mass is 32.2. The number of hydrogen-bond donors (Lipinski definition) is 1. The van der Waals surface area contributed by atoms with Crippen LogP contribution in [0.2, 0.25) is 0 Å². The Morgan fingerprint density at radius 2 is 1.66 bits per heavy atom. The van der Waals surface area contributed by atoms with Gasteiger partial charge in [-0.15, -0.1) is 0 Å². The van der Waals surface area contributed by atoms with E-state index in [1.54, 1.807) is 48.3 Å². The third-order valence-corrected chi connectivity index (χ3v) is 10.8. The molecule has 5 aromatic rings. The smallest absolute Gasteiger partial charge is 0.416 e. The van der Waals surface area contributed by atoms with Crippen molar-refractivity contribution in [2.75, 3.05) is 40.8 Å². The Bertz CT molecular complexity index is 2480. The first-order chi connectivity index (χ1) is 27.2. The normalized spacial score (nSPS) is 14.8. The van der Waals surface area contributed by atoms with Crippen molar-refractivity contribution in [2.24, 2.45) is 5.92 Å². The fraction of sp³-hybridized carbons (Fsp3) is 0.325. The number of amides is 2. The number of benzene rings is 3. The van der Waals surface area contributed by atoms with Crippen LogP contribution in [0.25, 0.3) is 27.6 Å².